The first-order valence-electron chi connectivity index (χ1n) is 8.50. The summed E-state index contributed by atoms with van der Waals surface area (Å²) >= 11 is 0. The Labute approximate surface area is 130 Å². The average molecular weight is 288 g/mol. The SMILES string of the molecule is CC(CCc1ccccc1)NC1CCN(C(C)(C)C)CC1. The summed E-state index contributed by atoms with van der Waals surface area (Å²) in [7, 11) is 0. The largest absolute Gasteiger partial charge is 0.311 e. The summed E-state index contributed by atoms with van der Waals surface area (Å²) in [5.41, 5.74) is 1.78. The van der Waals surface area contributed by atoms with Crippen LogP contribution in [0.4, 0.5) is 0 Å². The van der Waals surface area contributed by atoms with Crippen molar-refractivity contribution < 1.29 is 0 Å². The molecule has 2 heteroatoms. The van der Waals surface area contributed by atoms with Gasteiger partial charge in [0.15, 0.2) is 0 Å². The van der Waals surface area contributed by atoms with E-state index in [1.54, 1.807) is 0 Å². The zero-order chi connectivity index (χ0) is 15.3. The molecule has 0 saturated carbocycles. The number of hydrogen-bond acceptors (Lipinski definition) is 2. The van der Waals surface area contributed by atoms with Crippen LogP contribution in [0.5, 0.6) is 0 Å². The van der Waals surface area contributed by atoms with Crippen LogP contribution in [-0.4, -0.2) is 35.6 Å². The molecule has 1 aromatic carbocycles. The van der Waals surface area contributed by atoms with Crippen molar-refractivity contribution in [3.05, 3.63) is 35.9 Å². The van der Waals surface area contributed by atoms with E-state index in [9.17, 15) is 0 Å². The van der Waals surface area contributed by atoms with Crippen LogP contribution in [-0.2, 0) is 6.42 Å². The Morgan fingerprint density at radius 3 is 2.33 bits per heavy atom. The van der Waals surface area contributed by atoms with Crippen LogP contribution in [0.1, 0.15) is 52.5 Å². The van der Waals surface area contributed by atoms with Crippen LogP contribution < -0.4 is 5.32 Å². The maximum absolute atomic E-state index is 3.83. The summed E-state index contributed by atoms with van der Waals surface area (Å²) in [6, 6.07) is 12.1. The molecule has 1 unspecified atom stereocenters. The zero-order valence-corrected chi connectivity index (χ0v) is 14.2. The second-order valence-electron chi connectivity index (χ2n) is 7.52. The number of benzene rings is 1. The molecule has 1 aliphatic heterocycles. The van der Waals surface area contributed by atoms with Crippen LogP contribution in [0.25, 0.3) is 0 Å². The Balaban J connectivity index is 1.68. The molecule has 21 heavy (non-hydrogen) atoms. The highest BCUT2D eigenvalue weighted by Crippen LogP contribution is 2.20. The van der Waals surface area contributed by atoms with E-state index in [1.807, 2.05) is 0 Å². The lowest BCUT2D eigenvalue weighted by Gasteiger charge is -2.41. The molecule has 1 fully saturated rings. The van der Waals surface area contributed by atoms with Gasteiger partial charge in [-0.15, -0.1) is 0 Å². The normalized spacial score (nSPS) is 19.6. The van der Waals surface area contributed by atoms with E-state index in [1.165, 1.54) is 44.3 Å². The van der Waals surface area contributed by atoms with Gasteiger partial charge in [-0.25, -0.2) is 0 Å². The molecule has 0 amide bonds. The van der Waals surface area contributed by atoms with Crippen LogP contribution in [0.2, 0.25) is 0 Å². The van der Waals surface area contributed by atoms with Gasteiger partial charge in [0.05, 0.1) is 0 Å². The van der Waals surface area contributed by atoms with E-state index in [2.05, 4.69) is 68.2 Å². The van der Waals surface area contributed by atoms with Crippen molar-refractivity contribution in [2.24, 2.45) is 0 Å². The van der Waals surface area contributed by atoms with Gasteiger partial charge in [0.25, 0.3) is 0 Å². The second-order valence-corrected chi connectivity index (χ2v) is 7.52. The summed E-state index contributed by atoms with van der Waals surface area (Å²) in [4.78, 5) is 2.61. The molecular weight excluding hydrogens is 256 g/mol. The Morgan fingerprint density at radius 1 is 1.14 bits per heavy atom. The van der Waals surface area contributed by atoms with Gasteiger partial charge in [-0.2, -0.15) is 0 Å². The minimum atomic E-state index is 0.323. The molecule has 0 bridgehead atoms. The molecule has 0 radical (unpaired) electrons. The summed E-state index contributed by atoms with van der Waals surface area (Å²) in [5.74, 6) is 0. The molecule has 2 rings (SSSR count). The van der Waals surface area contributed by atoms with Crippen molar-refractivity contribution in [3.8, 4) is 0 Å². The fourth-order valence-electron chi connectivity index (χ4n) is 3.23. The molecule has 118 valence electrons. The number of likely N-dealkylation sites (tertiary alicyclic amines) is 1. The van der Waals surface area contributed by atoms with Crippen molar-refractivity contribution in [1.82, 2.24) is 10.2 Å². The molecular formula is C19H32N2. The van der Waals surface area contributed by atoms with Crippen LogP contribution >= 0.6 is 0 Å². The molecule has 0 aromatic heterocycles. The molecule has 1 heterocycles. The van der Waals surface area contributed by atoms with Gasteiger partial charge in [-0.3, -0.25) is 4.90 Å². The number of aryl methyl sites for hydroxylation is 1. The quantitative estimate of drug-likeness (QED) is 0.885. The Kier molecular flexibility index (Phi) is 5.83. The molecule has 1 atom stereocenters. The topological polar surface area (TPSA) is 15.3 Å². The van der Waals surface area contributed by atoms with Crippen molar-refractivity contribution in [2.75, 3.05) is 13.1 Å². The molecule has 1 aliphatic rings. The van der Waals surface area contributed by atoms with Gasteiger partial charge in [-0.1, -0.05) is 30.3 Å². The second kappa shape index (κ2) is 7.42. The van der Waals surface area contributed by atoms with Crippen molar-refractivity contribution in [2.45, 2.75) is 71.0 Å². The van der Waals surface area contributed by atoms with E-state index in [0.29, 0.717) is 17.6 Å². The van der Waals surface area contributed by atoms with Gasteiger partial charge in [-0.05, 0) is 58.9 Å². The highest BCUT2D eigenvalue weighted by atomic mass is 15.2. The molecule has 0 aliphatic carbocycles. The van der Waals surface area contributed by atoms with E-state index >= 15 is 0 Å². The third kappa shape index (κ3) is 5.44. The predicted octanol–water partition coefficient (Wildman–Crippen LogP) is 3.86. The Hall–Kier alpha value is -0.860. The molecule has 1 N–H and O–H groups in total. The molecule has 1 saturated heterocycles. The smallest absolute Gasteiger partial charge is 0.0125 e. The third-order valence-corrected chi connectivity index (χ3v) is 4.67. The monoisotopic (exact) mass is 288 g/mol. The van der Waals surface area contributed by atoms with E-state index in [0.717, 1.165) is 0 Å². The Bertz CT molecular complexity index is 399. The van der Waals surface area contributed by atoms with E-state index in [-0.39, 0.29) is 0 Å². The molecule has 1 aromatic rings. The lowest BCUT2D eigenvalue weighted by atomic mass is 9.97. The van der Waals surface area contributed by atoms with Crippen LogP contribution in [0.15, 0.2) is 30.3 Å². The van der Waals surface area contributed by atoms with E-state index < -0.39 is 0 Å². The van der Waals surface area contributed by atoms with Crippen molar-refractivity contribution >= 4 is 0 Å². The highest BCUT2D eigenvalue weighted by Gasteiger charge is 2.27. The van der Waals surface area contributed by atoms with Crippen LogP contribution in [0, 0.1) is 0 Å². The lowest BCUT2D eigenvalue weighted by Crippen LogP contribution is -2.51. The minimum Gasteiger partial charge on any atom is -0.311 e. The highest BCUT2D eigenvalue weighted by molar-refractivity contribution is 5.14. The molecule has 0 spiro atoms. The van der Waals surface area contributed by atoms with Gasteiger partial charge in [0.2, 0.25) is 0 Å². The first-order chi connectivity index (χ1) is 9.95. The fourth-order valence-corrected chi connectivity index (χ4v) is 3.23. The predicted molar refractivity (Wildman–Crippen MR) is 91.7 cm³/mol. The maximum atomic E-state index is 3.83. The minimum absolute atomic E-state index is 0.323. The number of nitrogens with one attached hydrogen (secondary N) is 1. The van der Waals surface area contributed by atoms with Gasteiger partial charge in [0.1, 0.15) is 0 Å². The lowest BCUT2D eigenvalue weighted by molar-refractivity contribution is 0.0940. The third-order valence-electron chi connectivity index (χ3n) is 4.67. The molecule has 2 nitrogen and oxygen atoms in total. The standard InChI is InChI=1S/C19H32N2/c1-16(10-11-17-8-6-5-7-9-17)20-18-12-14-21(15-13-18)19(2,3)4/h5-9,16,18,20H,10-15H2,1-4H3. The summed E-state index contributed by atoms with van der Waals surface area (Å²) in [5, 5.41) is 3.83. The van der Waals surface area contributed by atoms with Crippen molar-refractivity contribution in [1.29, 1.82) is 0 Å². The van der Waals surface area contributed by atoms with Gasteiger partial charge in [0, 0.05) is 30.7 Å². The zero-order valence-electron chi connectivity index (χ0n) is 14.2. The van der Waals surface area contributed by atoms with Gasteiger partial charge >= 0.3 is 0 Å². The summed E-state index contributed by atoms with van der Waals surface area (Å²) in [6.45, 7) is 11.8. The number of nitrogens with zero attached hydrogens (tertiary/aromatic N) is 1. The van der Waals surface area contributed by atoms with Crippen LogP contribution in [0.3, 0.4) is 0 Å². The number of hydrogen-bond donors (Lipinski definition) is 1. The average Bonchev–Trinajstić information content (AvgIpc) is 2.46. The van der Waals surface area contributed by atoms with E-state index in [4.69, 9.17) is 0 Å². The fraction of sp³-hybridized carbons (Fsp3) is 0.684. The first-order valence-corrected chi connectivity index (χ1v) is 8.50. The first kappa shape index (κ1) is 16.5. The summed E-state index contributed by atoms with van der Waals surface area (Å²) < 4.78 is 0. The van der Waals surface area contributed by atoms with Crippen molar-refractivity contribution in [3.63, 3.8) is 0 Å². The summed E-state index contributed by atoms with van der Waals surface area (Å²) in [6.07, 6.45) is 4.97. The number of rotatable bonds is 5. The number of piperidine rings is 1. The Morgan fingerprint density at radius 2 is 1.76 bits per heavy atom. The van der Waals surface area contributed by atoms with Gasteiger partial charge < -0.3 is 5.32 Å². The maximum Gasteiger partial charge on any atom is 0.0125 e.